The SMILES string of the molecule is NNc1ncc(Br)c(Sc2ncco2)n1. The summed E-state index contributed by atoms with van der Waals surface area (Å²) in [4.78, 5) is 12.0. The molecule has 0 saturated heterocycles. The summed E-state index contributed by atoms with van der Waals surface area (Å²) in [6.07, 6.45) is 4.67. The van der Waals surface area contributed by atoms with E-state index in [0.29, 0.717) is 16.2 Å². The fourth-order valence-corrected chi connectivity index (χ4v) is 1.93. The van der Waals surface area contributed by atoms with Gasteiger partial charge < -0.3 is 4.42 Å². The highest BCUT2D eigenvalue weighted by molar-refractivity contribution is 9.10. The molecule has 2 rings (SSSR count). The van der Waals surface area contributed by atoms with Gasteiger partial charge in [-0.2, -0.15) is 0 Å². The lowest BCUT2D eigenvalue weighted by atomic mass is 10.7. The molecule has 0 spiro atoms. The van der Waals surface area contributed by atoms with Gasteiger partial charge in [0.2, 0.25) is 5.95 Å². The molecule has 0 aliphatic rings. The molecule has 2 heterocycles. The quantitative estimate of drug-likeness (QED) is 0.504. The first-order valence-corrected chi connectivity index (χ1v) is 5.47. The van der Waals surface area contributed by atoms with Crippen LogP contribution in [0.3, 0.4) is 0 Å². The number of nitrogen functional groups attached to an aromatic ring is 1. The third-order valence-corrected chi connectivity index (χ3v) is 3.16. The first kappa shape index (κ1) is 10.4. The monoisotopic (exact) mass is 287 g/mol. The lowest BCUT2D eigenvalue weighted by Crippen LogP contribution is -2.10. The van der Waals surface area contributed by atoms with Crippen LogP contribution in [0.4, 0.5) is 5.95 Å². The third kappa shape index (κ3) is 2.46. The highest BCUT2D eigenvalue weighted by Gasteiger charge is 2.09. The van der Waals surface area contributed by atoms with E-state index in [1.165, 1.54) is 18.0 Å². The van der Waals surface area contributed by atoms with Crippen molar-refractivity contribution in [3.8, 4) is 0 Å². The predicted octanol–water partition coefficient (Wildman–Crippen LogP) is 1.66. The summed E-state index contributed by atoms with van der Waals surface area (Å²) in [5.41, 5.74) is 2.37. The molecule has 0 saturated carbocycles. The third-order valence-electron chi connectivity index (χ3n) is 1.43. The van der Waals surface area contributed by atoms with Crippen molar-refractivity contribution >= 4 is 33.6 Å². The van der Waals surface area contributed by atoms with Crippen molar-refractivity contribution in [2.24, 2.45) is 5.84 Å². The van der Waals surface area contributed by atoms with Gasteiger partial charge in [-0.3, -0.25) is 5.43 Å². The molecule has 0 aliphatic heterocycles. The summed E-state index contributed by atoms with van der Waals surface area (Å²) in [6.45, 7) is 0. The van der Waals surface area contributed by atoms with Crippen LogP contribution in [-0.4, -0.2) is 15.0 Å². The van der Waals surface area contributed by atoms with Gasteiger partial charge in [0.05, 0.1) is 10.7 Å². The normalized spacial score (nSPS) is 10.3. The number of hydrogen-bond acceptors (Lipinski definition) is 7. The molecule has 0 unspecified atom stereocenters. The minimum absolute atomic E-state index is 0.340. The van der Waals surface area contributed by atoms with Crippen molar-refractivity contribution in [3.05, 3.63) is 23.1 Å². The van der Waals surface area contributed by atoms with Crippen molar-refractivity contribution in [2.45, 2.75) is 10.2 Å². The lowest BCUT2D eigenvalue weighted by molar-refractivity contribution is 0.454. The molecule has 0 fully saturated rings. The topological polar surface area (TPSA) is 89.9 Å². The summed E-state index contributed by atoms with van der Waals surface area (Å²) in [6, 6.07) is 0. The van der Waals surface area contributed by atoms with Crippen molar-refractivity contribution < 1.29 is 4.42 Å². The Labute approximate surface area is 97.8 Å². The Bertz CT molecular complexity index is 449. The number of nitrogens with zero attached hydrogens (tertiary/aromatic N) is 3. The van der Waals surface area contributed by atoms with Gasteiger partial charge in [0.1, 0.15) is 11.3 Å². The van der Waals surface area contributed by atoms with Crippen LogP contribution in [0, 0.1) is 0 Å². The lowest BCUT2D eigenvalue weighted by Gasteiger charge is -2.02. The van der Waals surface area contributed by atoms with Gasteiger partial charge in [0, 0.05) is 6.20 Å². The zero-order valence-electron chi connectivity index (χ0n) is 7.35. The second-order valence-electron chi connectivity index (χ2n) is 2.39. The van der Waals surface area contributed by atoms with Crippen LogP contribution < -0.4 is 11.3 Å². The summed E-state index contributed by atoms with van der Waals surface area (Å²) in [5.74, 6) is 5.54. The first-order chi connectivity index (χ1) is 7.29. The van der Waals surface area contributed by atoms with Crippen molar-refractivity contribution in [3.63, 3.8) is 0 Å². The van der Waals surface area contributed by atoms with Crippen LogP contribution >= 0.6 is 27.7 Å². The Morgan fingerprint density at radius 3 is 3.00 bits per heavy atom. The average Bonchev–Trinajstić information content (AvgIpc) is 2.74. The molecular formula is C7H6BrN5OS. The van der Waals surface area contributed by atoms with Gasteiger partial charge in [-0.15, -0.1) is 0 Å². The van der Waals surface area contributed by atoms with Gasteiger partial charge in [-0.25, -0.2) is 20.8 Å². The van der Waals surface area contributed by atoms with Crippen molar-refractivity contribution in [1.29, 1.82) is 0 Å². The van der Waals surface area contributed by atoms with Crippen LogP contribution in [0.1, 0.15) is 0 Å². The Kier molecular flexibility index (Phi) is 3.19. The summed E-state index contributed by atoms with van der Waals surface area (Å²) in [7, 11) is 0. The van der Waals surface area contributed by atoms with Gasteiger partial charge >= 0.3 is 0 Å². The molecular weight excluding hydrogens is 282 g/mol. The Morgan fingerprint density at radius 1 is 1.47 bits per heavy atom. The van der Waals surface area contributed by atoms with Gasteiger partial charge in [-0.1, -0.05) is 0 Å². The number of nitrogens with one attached hydrogen (secondary N) is 1. The molecule has 6 nitrogen and oxygen atoms in total. The van der Waals surface area contributed by atoms with Crippen LogP contribution in [0.2, 0.25) is 0 Å². The molecule has 0 aromatic carbocycles. The molecule has 15 heavy (non-hydrogen) atoms. The Morgan fingerprint density at radius 2 is 2.33 bits per heavy atom. The molecule has 0 atom stereocenters. The molecule has 0 amide bonds. The van der Waals surface area contributed by atoms with Crippen LogP contribution in [0.15, 0.2) is 37.8 Å². The van der Waals surface area contributed by atoms with E-state index in [1.54, 1.807) is 12.4 Å². The first-order valence-electron chi connectivity index (χ1n) is 3.86. The molecule has 3 N–H and O–H groups in total. The number of oxazole rings is 1. The maximum absolute atomic E-state index is 5.20. The van der Waals surface area contributed by atoms with Crippen LogP contribution in [0.5, 0.6) is 0 Å². The number of halogens is 1. The average molecular weight is 288 g/mol. The minimum atomic E-state index is 0.340. The van der Waals surface area contributed by atoms with E-state index >= 15 is 0 Å². The van der Waals surface area contributed by atoms with E-state index in [9.17, 15) is 0 Å². The zero-order chi connectivity index (χ0) is 10.7. The molecule has 8 heteroatoms. The Balaban J connectivity index is 2.27. The number of hydrogen-bond donors (Lipinski definition) is 2. The van der Waals surface area contributed by atoms with Gasteiger partial charge in [-0.05, 0) is 27.7 Å². The van der Waals surface area contributed by atoms with Crippen LogP contribution in [0.25, 0.3) is 0 Å². The highest BCUT2D eigenvalue weighted by Crippen LogP contribution is 2.30. The summed E-state index contributed by atoms with van der Waals surface area (Å²) >= 11 is 4.60. The predicted molar refractivity (Wildman–Crippen MR) is 58.2 cm³/mol. The maximum atomic E-state index is 5.20. The largest absolute Gasteiger partial charge is 0.440 e. The standard InChI is InChI=1S/C7H6BrN5OS/c8-4-3-11-6(13-9)12-5(4)15-7-10-1-2-14-7/h1-3H,9H2,(H,11,12,13). The fourth-order valence-electron chi connectivity index (χ4n) is 0.836. The molecule has 0 aliphatic carbocycles. The second kappa shape index (κ2) is 4.60. The van der Waals surface area contributed by atoms with E-state index in [0.717, 1.165) is 4.47 Å². The van der Waals surface area contributed by atoms with E-state index in [-0.39, 0.29) is 0 Å². The fraction of sp³-hybridized carbons (Fsp3) is 0. The maximum Gasteiger partial charge on any atom is 0.261 e. The summed E-state index contributed by atoms with van der Waals surface area (Å²) < 4.78 is 5.84. The van der Waals surface area contributed by atoms with Crippen LogP contribution in [-0.2, 0) is 0 Å². The Hall–Kier alpha value is -1.12. The van der Waals surface area contributed by atoms with Crippen molar-refractivity contribution in [2.75, 3.05) is 5.43 Å². The smallest absolute Gasteiger partial charge is 0.261 e. The highest BCUT2D eigenvalue weighted by atomic mass is 79.9. The van der Waals surface area contributed by atoms with E-state index < -0.39 is 0 Å². The van der Waals surface area contributed by atoms with E-state index in [2.05, 4.69) is 36.3 Å². The molecule has 2 aromatic heterocycles. The second-order valence-corrected chi connectivity index (χ2v) is 4.19. The molecule has 78 valence electrons. The molecule has 2 aromatic rings. The minimum Gasteiger partial charge on any atom is -0.440 e. The van der Waals surface area contributed by atoms with Gasteiger partial charge in [0.25, 0.3) is 5.22 Å². The number of hydrazine groups is 1. The van der Waals surface area contributed by atoms with Crippen molar-refractivity contribution in [1.82, 2.24) is 15.0 Å². The number of rotatable bonds is 3. The van der Waals surface area contributed by atoms with E-state index in [4.69, 9.17) is 10.3 Å². The molecule has 0 radical (unpaired) electrons. The zero-order valence-corrected chi connectivity index (χ0v) is 9.75. The summed E-state index contributed by atoms with van der Waals surface area (Å²) in [5, 5.41) is 1.19. The molecule has 0 bridgehead atoms. The number of aromatic nitrogens is 3. The number of anilines is 1. The van der Waals surface area contributed by atoms with E-state index in [1.807, 2.05) is 0 Å². The number of nitrogens with two attached hydrogens (primary N) is 1. The van der Waals surface area contributed by atoms with Gasteiger partial charge in [0.15, 0.2) is 0 Å².